The molecule has 0 aromatic heterocycles. The minimum atomic E-state index is -0.604. The predicted octanol–water partition coefficient (Wildman–Crippen LogP) is 4.84. The van der Waals surface area contributed by atoms with Gasteiger partial charge in [-0.15, -0.1) is 0 Å². The standard InChI is InChI=1S/C26H24O7/c1-29-19-13-15-22(30-2)20(16-19)21(27)14-10-17-8-11-18(12-9-17)33-26(28)25-23(31-3)6-5-7-24(25)32-4/h5-16H,1-4H3. The Morgan fingerprint density at radius 2 is 1.30 bits per heavy atom. The number of allylic oxidation sites excluding steroid dienone is 1. The number of hydrogen-bond donors (Lipinski definition) is 0. The third-order valence-electron chi connectivity index (χ3n) is 4.82. The van der Waals surface area contributed by atoms with E-state index in [1.807, 2.05) is 0 Å². The van der Waals surface area contributed by atoms with E-state index in [9.17, 15) is 9.59 Å². The van der Waals surface area contributed by atoms with Crippen LogP contribution in [0.4, 0.5) is 0 Å². The molecule has 170 valence electrons. The average molecular weight is 448 g/mol. The van der Waals surface area contributed by atoms with Crippen LogP contribution in [0.2, 0.25) is 0 Å². The van der Waals surface area contributed by atoms with Crippen LogP contribution in [0.5, 0.6) is 28.7 Å². The van der Waals surface area contributed by atoms with Crippen LogP contribution < -0.4 is 23.7 Å². The van der Waals surface area contributed by atoms with Gasteiger partial charge in [-0.2, -0.15) is 0 Å². The molecule has 0 saturated carbocycles. The Bertz CT molecular complexity index is 1140. The highest BCUT2D eigenvalue weighted by molar-refractivity contribution is 6.09. The van der Waals surface area contributed by atoms with Crippen molar-refractivity contribution in [1.29, 1.82) is 0 Å². The van der Waals surface area contributed by atoms with Crippen molar-refractivity contribution in [3.63, 3.8) is 0 Å². The van der Waals surface area contributed by atoms with E-state index < -0.39 is 5.97 Å². The molecule has 0 aliphatic rings. The van der Waals surface area contributed by atoms with Crippen molar-refractivity contribution in [2.45, 2.75) is 0 Å². The Kier molecular flexibility index (Phi) is 7.70. The molecule has 0 heterocycles. The summed E-state index contributed by atoms with van der Waals surface area (Å²) in [5.74, 6) is 1.23. The van der Waals surface area contributed by atoms with Crippen molar-refractivity contribution in [2.24, 2.45) is 0 Å². The summed E-state index contributed by atoms with van der Waals surface area (Å²) in [5.41, 5.74) is 1.34. The molecule has 0 amide bonds. The van der Waals surface area contributed by atoms with Crippen molar-refractivity contribution in [3.05, 3.63) is 83.4 Å². The van der Waals surface area contributed by atoms with Crippen LogP contribution in [0.15, 0.2) is 66.7 Å². The molecule has 0 fully saturated rings. The molecule has 0 radical (unpaired) electrons. The van der Waals surface area contributed by atoms with Crippen molar-refractivity contribution in [2.75, 3.05) is 28.4 Å². The summed E-state index contributed by atoms with van der Waals surface area (Å²) >= 11 is 0. The number of carbonyl (C=O) groups excluding carboxylic acids is 2. The molecule has 3 rings (SSSR count). The first kappa shape index (κ1) is 23.4. The number of ketones is 1. The van der Waals surface area contributed by atoms with E-state index in [0.29, 0.717) is 34.3 Å². The Balaban J connectivity index is 1.73. The van der Waals surface area contributed by atoms with Gasteiger partial charge in [-0.25, -0.2) is 4.79 Å². The van der Waals surface area contributed by atoms with Crippen LogP contribution in [-0.4, -0.2) is 40.2 Å². The molecule has 0 unspecified atom stereocenters. The normalized spacial score (nSPS) is 10.5. The fourth-order valence-electron chi connectivity index (χ4n) is 3.13. The molecule has 7 nitrogen and oxygen atoms in total. The molecule has 3 aromatic carbocycles. The Labute approximate surface area is 192 Å². The van der Waals surface area contributed by atoms with E-state index in [4.69, 9.17) is 23.7 Å². The predicted molar refractivity (Wildman–Crippen MR) is 124 cm³/mol. The topological polar surface area (TPSA) is 80.3 Å². The lowest BCUT2D eigenvalue weighted by molar-refractivity contribution is 0.0727. The highest BCUT2D eigenvalue weighted by Gasteiger charge is 2.20. The van der Waals surface area contributed by atoms with Crippen molar-refractivity contribution in [1.82, 2.24) is 0 Å². The first-order chi connectivity index (χ1) is 16.0. The molecule has 7 heteroatoms. The van der Waals surface area contributed by atoms with Gasteiger partial charge in [-0.1, -0.05) is 24.3 Å². The SMILES string of the molecule is COc1ccc(OC)c(C(=O)C=Cc2ccc(OC(=O)c3c(OC)cccc3OC)cc2)c1. The van der Waals surface area contributed by atoms with Crippen LogP contribution in [-0.2, 0) is 0 Å². The molecule has 0 aliphatic heterocycles. The molecular weight excluding hydrogens is 424 g/mol. The van der Waals surface area contributed by atoms with E-state index >= 15 is 0 Å². The van der Waals surface area contributed by atoms with Crippen LogP contribution in [0.25, 0.3) is 6.08 Å². The number of benzene rings is 3. The molecule has 0 saturated heterocycles. The third-order valence-corrected chi connectivity index (χ3v) is 4.82. The van der Waals surface area contributed by atoms with Crippen LogP contribution in [0.1, 0.15) is 26.3 Å². The Morgan fingerprint density at radius 1 is 0.697 bits per heavy atom. The molecule has 0 spiro atoms. The summed E-state index contributed by atoms with van der Waals surface area (Å²) in [6.45, 7) is 0. The number of esters is 1. The monoisotopic (exact) mass is 448 g/mol. The van der Waals surface area contributed by atoms with Gasteiger partial charge in [-0.05, 0) is 54.1 Å². The fraction of sp³-hybridized carbons (Fsp3) is 0.154. The molecule has 3 aromatic rings. The second-order valence-electron chi connectivity index (χ2n) is 6.76. The van der Waals surface area contributed by atoms with E-state index in [-0.39, 0.29) is 11.3 Å². The maximum atomic E-state index is 12.7. The van der Waals surface area contributed by atoms with Crippen LogP contribution in [0.3, 0.4) is 0 Å². The lowest BCUT2D eigenvalue weighted by Crippen LogP contribution is -2.11. The van der Waals surface area contributed by atoms with Gasteiger partial charge in [0.1, 0.15) is 34.3 Å². The number of hydrogen-bond acceptors (Lipinski definition) is 7. The fourth-order valence-corrected chi connectivity index (χ4v) is 3.13. The van der Waals surface area contributed by atoms with Gasteiger partial charge >= 0.3 is 5.97 Å². The summed E-state index contributed by atoms with van der Waals surface area (Å²) in [5, 5.41) is 0. The van der Waals surface area contributed by atoms with Gasteiger partial charge in [0.2, 0.25) is 0 Å². The Hall–Kier alpha value is -4.26. The molecule has 33 heavy (non-hydrogen) atoms. The molecule has 0 aliphatic carbocycles. The number of methoxy groups -OCH3 is 4. The Morgan fingerprint density at radius 3 is 1.88 bits per heavy atom. The highest BCUT2D eigenvalue weighted by atomic mass is 16.5. The summed E-state index contributed by atoms with van der Waals surface area (Å²) < 4.78 is 26.4. The quantitative estimate of drug-likeness (QED) is 0.201. The lowest BCUT2D eigenvalue weighted by Gasteiger charge is -2.12. The highest BCUT2D eigenvalue weighted by Crippen LogP contribution is 2.30. The number of ether oxygens (including phenoxy) is 5. The van der Waals surface area contributed by atoms with E-state index in [1.165, 1.54) is 34.5 Å². The smallest absolute Gasteiger partial charge is 0.351 e. The third kappa shape index (κ3) is 5.51. The first-order valence-corrected chi connectivity index (χ1v) is 9.98. The number of carbonyl (C=O) groups is 2. The van der Waals surface area contributed by atoms with Crippen LogP contribution >= 0.6 is 0 Å². The average Bonchev–Trinajstić information content (AvgIpc) is 2.86. The van der Waals surface area contributed by atoms with Gasteiger partial charge in [0.15, 0.2) is 5.78 Å². The lowest BCUT2D eigenvalue weighted by atomic mass is 10.1. The maximum Gasteiger partial charge on any atom is 0.351 e. The molecule has 0 atom stereocenters. The zero-order valence-corrected chi connectivity index (χ0v) is 18.8. The summed E-state index contributed by atoms with van der Waals surface area (Å²) in [4.78, 5) is 25.3. The van der Waals surface area contributed by atoms with Gasteiger partial charge in [-0.3, -0.25) is 4.79 Å². The van der Waals surface area contributed by atoms with Crippen molar-refractivity contribution < 1.29 is 33.3 Å². The van der Waals surface area contributed by atoms with E-state index in [0.717, 1.165) is 5.56 Å². The van der Waals surface area contributed by atoms with Crippen LogP contribution in [0, 0.1) is 0 Å². The zero-order valence-electron chi connectivity index (χ0n) is 18.8. The maximum absolute atomic E-state index is 12.7. The summed E-state index contributed by atoms with van der Waals surface area (Å²) in [6, 6.07) is 16.8. The second kappa shape index (κ2) is 10.9. The van der Waals surface area contributed by atoms with E-state index in [2.05, 4.69) is 0 Å². The number of rotatable bonds is 9. The molecule has 0 N–H and O–H groups in total. The van der Waals surface area contributed by atoms with Gasteiger partial charge in [0, 0.05) is 0 Å². The van der Waals surface area contributed by atoms with Gasteiger partial charge < -0.3 is 23.7 Å². The summed E-state index contributed by atoms with van der Waals surface area (Å²) in [7, 11) is 5.97. The zero-order chi connectivity index (χ0) is 23.8. The minimum absolute atomic E-state index is 0.198. The second-order valence-corrected chi connectivity index (χ2v) is 6.76. The minimum Gasteiger partial charge on any atom is -0.497 e. The van der Waals surface area contributed by atoms with Gasteiger partial charge in [0.25, 0.3) is 0 Å². The van der Waals surface area contributed by atoms with Crippen molar-refractivity contribution in [3.8, 4) is 28.7 Å². The summed E-state index contributed by atoms with van der Waals surface area (Å²) in [6.07, 6.45) is 3.11. The molecular formula is C26H24O7. The largest absolute Gasteiger partial charge is 0.497 e. The van der Waals surface area contributed by atoms with Gasteiger partial charge in [0.05, 0.1) is 34.0 Å². The van der Waals surface area contributed by atoms with E-state index in [1.54, 1.807) is 66.7 Å². The molecule has 0 bridgehead atoms. The first-order valence-electron chi connectivity index (χ1n) is 9.98. The van der Waals surface area contributed by atoms with Crippen molar-refractivity contribution >= 4 is 17.8 Å².